The fraction of sp³-hybridized carbons (Fsp3) is 0.133. The van der Waals surface area contributed by atoms with E-state index in [0.717, 1.165) is 11.6 Å². The molecule has 0 aliphatic heterocycles. The van der Waals surface area contributed by atoms with Gasteiger partial charge in [-0.2, -0.15) is 5.26 Å². The van der Waals surface area contributed by atoms with Gasteiger partial charge in [0.15, 0.2) is 0 Å². The van der Waals surface area contributed by atoms with Gasteiger partial charge in [-0.15, -0.1) is 0 Å². The minimum absolute atomic E-state index is 0.0317. The summed E-state index contributed by atoms with van der Waals surface area (Å²) in [4.78, 5) is 0. The zero-order chi connectivity index (χ0) is 14.7. The highest BCUT2D eigenvalue weighted by atomic mass is 35.5. The molecule has 0 spiro atoms. The van der Waals surface area contributed by atoms with Crippen molar-refractivity contribution in [2.75, 3.05) is 0 Å². The molecule has 2 rings (SSSR count). The third-order valence-corrected chi connectivity index (χ3v) is 3.07. The van der Waals surface area contributed by atoms with E-state index in [1.54, 1.807) is 24.3 Å². The largest absolute Gasteiger partial charge is 0.456 e. The Labute approximate surface area is 121 Å². The second-order valence-electron chi connectivity index (χ2n) is 4.33. The standard InChI is InChI=1S/C15H12ClFN2O/c1-9(19)10-3-5-15(13(16)6-10)20-12-4-2-11(8-18)14(17)7-12/h2-7,9H,19H2,1H3/t9-/m1/s1. The predicted octanol–water partition coefficient (Wildman–Crippen LogP) is 4.16. The minimum Gasteiger partial charge on any atom is -0.456 e. The molecule has 2 N–H and O–H groups in total. The lowest BCUT2D eigenvalue weighted by Gasteiger charge is -2.11. The van der Waals surface area contributed by atoms with Gasteiger partial charge in [0, 0.05) is 12.1 Å². The molecule has 0 bridgehead atoms. The zero-order valence-electron chi connectivity index (χ0n) is 10.7. The van der Waals surface area contributed by atoms with E-state index in [-0.39, 0.29) is 17.4 Å². The van der Waals surface area contributed by atoms with Crippen LogP contribution in [0.1, 0.15) is 24.1 Å². The highest BCUT2D eigenvalue weighted by molar-refractivity contribution is 6.32. The third-order valence-electron chi connectivity index (χ3n) is 2.77. The smallest absolute Gasteiger partial charge is 0.146 e. The van der Waals surface area contributed by atoms with Crippen molar-refractivity contribution >= 4 is 11.6 Å². The Bertz CT molecular complexity index is 680. The van der Waals surface area contributed by atoms with Crippen LogP contribution >= 0.6 is 11.6 Å². The van der Waals surface area contributed by atoms with Gasteiger partial charge in [0.25, 0.3) is 0 Å². The highest BCUT2D eigenvalue weighted by Crippen LogP contribution is 2.31. The van der Waals surface area contributed by atoms with Crippen LogP contribution in [0.2, 0.25) is 5.02 Å². The Hall–Kier alpha value is -2.09. The SMILES string of the molecule is C[C@@H](N)c1ccc(Oc2ccc(C#N)c(F)c2)c(Cl)c1. The van der Waals surface area contributed by atoms with E-state index in [0.29, 0.717) is 10.8 Å². The topological polar surface area (TPSA) is 59.0 Å². The number of halogens is 2. The average molecular weight is 291 g/mol. The van der Waals surface area contributed by atoms with E-state index in [1.165, 1.54) is 12.1 Å². The Balaban J connectivity index is 2.26. The molecule has 0 aromatic heterocycles. The van der Waals surface area contributed by atoms with E-state index in [4.69, 9.17) is 27.3 Å². The van der Waals surface area contributed by atoms with E-state index >= 15 is 0 Å². The van der Waals surface area contributed by atoms with Gasteiger partial charge >= 0.3 is 0 Å². The molecule has 3 nitrogen and oxygen atoms in total. The first-order valence-electron chi connectivity index (χ1n) is 5.94. The molecule has 0 aliphatic carbocycles. The quantitative estimate of drug-likeness (QED) is 0.923. The summed E-state index contributed by atoms with van der Waals surface area (Å²) in [5.41, 5.74) is 6.61. The van der Waals surface area contributed by atoms with Crippen molar-refractivity contribution in [2.24, 2.45) is 5.73 Å². The summed E-state index contributed by atoms with van der Waals surface area (Å²) in [6.45, 7) is 1.85. The van der Waals surface area contributed by atoms with Crippen LogP contribution in [-0.4, -0.2) is 0 Å². The minimum atomic E-state index is -0.631. The molecule has 0 amide bonds. The molecule has 2 aromatic rings. The van der Waals surface area contributed by atoms with Crippen molar-refractivity contribution in [3.63, 3.8) is 0 Å². The number of nitrogens with zero attached hydrogens (tertiary/aromatic N) is 1. The van der Waals surface area contributed by atoms with Gasteiger partial charge in [-0.1, -0.05) is 17.7 Å². The number of hydrogen-bond donors (Lipinski definition) is 1. The van der Waals surface area contributed by atoms with E-state index in [9.17, 15) is 4.39 Å². The summed E-state index contributed by atoms with van der Waals surface area (Å²) in [6, 6.07) is 10.8. The highest BCUT2D eigenvalue weighted by Gasteiger charge is 2.09. The number of rotatable bonds is 3. The van der Waals surface area contributed by atoms with Gasteiger partial charge in [-0.25, -0.2) is 4.39 Å². The Morgan fingerprint density at radius 2 is 2.05 bits per heavy atom. The summed E-state index contributed by atoms with van der Waals surface area (Å²) in [5, 5.41) is 9.06. The lowest BCUT2D eigenvalue weighted by molar-refractivity contribution is 0.476. The molecule has 0 saturated carbocycles. The molecular weight excluding hydrogens is 279 g/mol. The summed E-state index contributed by atoms with van der Waals surface area (Å²) in [6.07, 6.45) is 0. The molecule has 0 unspecified atom stereocenters. The lowest BCUT2D eigenvalue weighted by atomic mass is 10.1. The monoisotopic (exact) mass is 290 g/mol. The van der Waals surface area contributed by atoms with Crippen LogP contribution in [0.15, 0.2) is 36.4 Å². The van der Waals surface area contributed by atoms with Gasteiger partial charge in [-0.05, 0) is 36.8 Å². The van der Waals surface area contributed by atoms with Crippen LogP contribution in [0.5, 0.6) is 11.5 Å². The molecule has 2 aromatic carbocycles. The number of benzene rings is 2. The van der Waals surface area contributed by atoms with E-state index in [1.807, 2.05) is 6.92 Å². The summed E-state index contributed by atoms with van der Waals surface area (Å²) in [5.74, 6) is 0.0467. The first-order chi connectivity index (χ1) is 9.51. The molecule has 20 heavy (non-hydrogen) atoms. The zero-order valence-corrected chi connectivity index (χ0v) is 11.5. The normalized spacial score (nSPS) is 11.8. The molecule has 0 heterocycles. The van der Waals surface area contributed by atoms with Gasteiger partial charge in [-0.3, -0.25) is 0 Å². The Kier molecular flexibility index (Phi) is 4.23. The number of ether oxygens (including phenoxy) is 1. The Morgan fingerprint density at radius 1 is 1.30 bits per heavy atom. The fourth-order valence-electron chi connectivity index (χ4n) is 1.66. The summed E-state index contributed by atoms with van der Waals surface area (Å²) < 4.78 is 19.0. The van der Waals surface area contributed by atoms with Crippen molar-refractivity contribution in [2.45, 2.75) is 13.0 Å². The molecule has 0 aliphatic rings. The van der Waals surface area contributed by atoms with Crippen LogP contribution in [0.25, 0.3) is 0 Å². The molecular formula is C15H12ClFN2O. The molecule has 0 radical (unpaired) electrons. The first-order valence-corrected chi connectivity index (χ1v) is 6.31. The van der Waals surface area contributed by atoms with Crippen molar-refractivity contribution in [1.29, 1.82) is 5.26 Å². The van der Waals surface area contributed by atoms with Crippen LogP contribution in [-0.2, 0) is 0 Å². The van der Waals surface area contributed by atoms with Crippen LogP contribution in [0.3, 0.4) is 0 Å². The number of nitriles is 1. The molecule has 1 atom stereocenters. The second kappa shape index (κ2) is 5.91. The second-order valence-corrected chi connectivity index (χ2v) is 4.74. The first kappa shape index (κ1) is 14.3. The van der Waals surface area contributed by atoms with Crippen molar-refractivity contribution in [3.05, 3.63) is 58.4 Å². The Morgan fingerprint density at radius 3 is 2.60 bits per heavy atom. The molecule has 102 valence electrons. The van der Waals surface area contributed by atoms with Crippen LogP contribution in [0, 0.1) is 17.1 Å². The van der Waals surface area contributed by atoms with Crippen molar-refractivity contribution < 1.29 is 9.13 Å². The van der Waals surface area contributed by atoms with Gasteiger partial charge in [0.05, 0.1) is 10.6 Å². The maximum Gasteiger partial charge on any atom is 0.146 e. The summed E-state index contributed by atoms with van der Waals surface area (Å²) >= 11 is 6.10. The molecule has 0 fully saturated rings. The average Bonchev–Trinajstić information content (AvgIpc) is 2.41. The van der Waals surface area contributed by atoms with Crippen molar-refractivity contribution in [1.82, 2.24) is 0 Å². The predicted molar refractivity (Wildman–Crippen MR) is 75.2 cm³/mol. The maximum atomic E-state index is 13.5. The fourth-order valence-corrected chi connectivity index (χ4v) is 1.89. The summed E-state index contributed by atoms with van der Waals surface area (Å²) in [7, 11) is 0. The molecule has 0 saturated heterocycles. The van der Waals surface area contributed by atoms with Gasteiger partial charge in [0.2, 0.25) is 0 Å². The van der Waals surface area contributed by atoms with E-state index in [2.05, 4.69) is 0 Å². The van der Waals surface area contributed by atoms with E-state index < -0.39 is 5.82 Å². The van der Waals surface area contributed by atoms with Gasteiger partial charge < -0.3 is 10.5 Å². The molecule has 5 heteroatoms. The number of nitrogens with two attached hydrogens (primary N) is 1. The number of hydrogen-bond acceptors (Lipinski definition) is 3. The van der Waals surface area contributed by atoms with Crippen LogP contribution in [0.4, 0.5) is 4.39 Å². The maximum absolute atomic E-state index is 13.5. The third kappa shape index (κ3) is 3.08. The van der Waals surface area contributed by atoms with Crippen molar-refractivity contribution in [3.8, 4) is 17.6 Å². The van der Waals surface area contributed by atoms with Crippen LogP contribution < -0.4 is 10.5 Å². The van der Waals surface area contributed by atoms with Gasteiger partial charge in [0.1, 0.15) is 23.4 Å². The lowest BCUT2D eigenvalue weighted by Crippen LogP contribution is -2.04.